The maximum atomic E-state index is 13.4. The summed E-state index contributed by atoms with van der Waals surface area (Å²) in [5.41, 5.74) is 0.312. The van der Waals surface area contributed by atoms with Crippen LogP contribution in [0.5, 0.6) is 0 Å². The maximum Gasteiger partial charge on any atom is 0.129 e. The molecule has 15 heavy (non-hydrogen) atoms. The molecule has 1 aromatic heterocycles. The molecule has 0 bridgehead atoms. The molecule has 0 saturated carbocycles. The summed E-state index contributed by atoms with van der Waals surface area (Å²) in [4.78, 5) is 0.729. The summed E-state index contributed by atoms with van der Waals surface area (Å²) < 4.78 is 14.3. The van der Waals surface area contributed by atoms with Crippen LogP contribution in [0.4, 0.5) is 4.39 Å². The number of aliphatic hydroxyl groups is 1. The molecule has 1 N–H and O–H groups in total. The van der Waals surface area contributed by atoms with E-state index < -0.39 is 6.10 Å². The van der Waals surface area contributed by atoms with Gasteiger partial charge in [-0.25, -0.2) is 4.39 Å². The molecular formula is C11H8BrFOS. The predicted octanol–water partition coefficient (Wildman–Crippen LogP) is 3.73. The van der Waals surface area contributed by atoms with Gasteiger partial charge in [0, 0.05) is 20.3 Å². The van der Waals surface area contributed by atoms with Crippen molar-refractivity contribution in [2.45, 2.75) is 6.10 Å². The lowest BCUT2D eigenvalue weighted by atomic mass is 10.1. The van der Waals surface area contributed by atoms with Crippen molar-refractivity contribution in [3.8, 4) is 0 Å². The fraction of sp³-hybridized carbons (Fsp3) is 0.0909. The van der Waals surface area contributed by atoms with Crippen molar-refractivity contribution in [1.29, 1.82) is 0 Å². The van der Waals surface area contributed by atoms with E-state index in [4.69, 9.17) is 0 Å². The Labute approximate surface area is 99.3 Å². The molecule has 2 aromatic rings. The van der Waals surface area contributed by atoms with Crippen LogP contribution in [0.2, 0.25) is 0 Å². The lowest BCUT2D eigenvalue weighted by Crippen LogP contribution is -1.99. The molecule has 1 aromatic carbocycles. The maximum absolute atomic E-state index is 13.4. The molecule has 1 nitrogen and oxygen atoms in total. The monoisotopic (exact) mass is 286 g/mol. The third-order valence-electron chi connectivity index (χ3n) is 2.06. The average molecular weight is 287 g/mol. The van der Waals surface area contributed by atoms with Gasteiger partial charge in [-0.1, -0.05) is 18.2 Å². The van der Waals surface area contributed by atoms with E-state index >= 15 is 0 Å². The summed E-state index contributed by atoms with van der Waals surface area (Å²) in [7, 11) is 0. The van der Waals surface area contributed by atoms with E-state index in [1.807, 2.05) is 5.38 Å². The molecule has 1 atom stereocenters. The molecule has 1 unspecified atom stereocenters. The molecular weight excluding hydrogens is 279 g/mol. The minimum atomic E-state index is -0.887. The van der Waals surface area contributed by atoms with E-state index in [0.29, 0.717) is 5.56 Å². The third kappa shape index (κ3) is 2.27. The first kappa shape index (κ1) is 10.8. The highest BCUT2D eigenvalue weighted by Crippen LogP contribution is 2.30. The van der Waals surface area contributed by atoms with Gasteiger partial charge >= 0.3 is 0 Å². The largest absolute Gasteiger partial charge is 0.383 e. The Balaban J connectivity index is 2.36. The van der Waals surface area contributed by atoms with Gasteiger partial charge in [0.2, 0.25) is 0 Å². The number of aliphatic hydroxyl groups excluding tert-OH is 1. The molecule has 2 rings (SSSR count). The number of benzene rings is 1. The van der Waals surface area contributed by atoms with Crippen LogP contribution in [0, 0.1) is 5.82 Å². The number of halogens is 2. The fourth-order valence-electron chi connectivity index (χ4n) is 1.32. The van der Waals surface area contributed by atoms with Crippen molar-refractivity contribution >= 4 is 27.3 Å². The van der Waals surface area contributed by atoms with Crippen molar-refractivity contribution in [2.24, 2.45) is 0 Å². The second-order valence-corrected chi connectivity index (χ2v) is 4.95. The lowest BCUT2D eigenvalue weighted by molar-refractivity contribution is 0.218. The SMILES string of the molecule is OC(c1cc(Br)cs1)c1ccccc1F. The van der Waals surface area contributed by atoms with Crippen LogP contribution < -0.4 is 0 Å². The van der Waals surface area contributed by atoms with Crippen LogP contribution >= 0.6 is 27.3 Å². The molecule has 0 radical (unpaired) electrons. The molecule has 0 aliphatic rings. The van der Waals surface area contributed by atoms with Crippen molar-refractivity contribution in [2.75, 3.05) is 0 Å². The van der Waals surface area contributed by atoms with Gasteiger partial charge in [0.05, 0.1) is 0 Å². The zero-order chi connectivity index (χ0) is 10.8. The molecule has 0 saturated heterocycles. The van der Waals surface area contributed by atoms with Gasteiger partial charge < -0.3 is 5.11 Å². The Kier molecular flexibility index (Phi) is 3.19. The predicted molar refractivity (Wildman–Crippen MR) is 62.5 cm³/mol. The Morgan fingerprint density at radius 2 is 2.07 bits per heavy atom. The van der Waals surface area contributed by atoms with Crippen molar-refractivity contribution in [1.82, 2.24) is 0 Å². The van der Waals surface area contributed by atoms with E-state index in [9.17, 15) is 9.50 Å². The highest BCUT2D eigenvalue weighted by atomic mass is 79.9. The average Bonchev–Trinajstić information content (AvgIpc) is 2.65. The summed E-state index contributed by atoms with van der Waals surface area (Å²) in [5, 5.41) is 11.8. The number of thiophene rings is 1. The van der Waals surface area contributed by atoms with Gasteiger partial charge in [-0.3, -0.25) is 0 Å². The molecule has 0 amide bonds. The van der Waals surface area contributed by atoms with Gasteiger partial charge in [-0.15, -0.1) is 11.3 Å². The molecule has 1 heterocycles. The van der Waals surface area contributed by atoms with Crippen molar-refractivity contribution in [3.63, 3.8) is 0 Å². The normalized spacial score (nSPS) is 12.7. The first-order valence-corrected chi connectivity index (χ1v) is 6.02. The smallest absolute Gasteiger partial charge is 0.129 e. The van der Waals surface area contributed by atoms with Crippen LogP contribution in [0.15, 0.2) is 40.2 Å². The van der Waals surface area contributed by atoms with Crippen molar-refractivity contribution < 1.29 is 9.50 Å². The van der Waals surface area contributed by atoms with Crippen LogP contribution in [0.3, 0.4) is 0 Å². The molecule has 0 aliphatic carbocycles. The zero-order valence-electron chi connectivity index (χ0n) is 7.65. The summed E-state index contributed by atoms with van der Waals surface area (Å²) in [5.74, 6) is -0.380. The minimum absolute atomic E-state index is 0.312. The van der Waals surface area contributed by atoms with Crippen LogP contribution in [0.1, 0.15) is 16.5 Å². The van der Waals surface area contributed by atoms with E-state index in [1.54, 1.807) is 24.3 Å². The standard InChI is InChI=1S/C11H8BrFOS/c12-7-5-10(15-6-7)11(14)8-3-1-2-4-9(8)13/h1-6,11,14H. The minimum Gasteiger partial charge on any atom is -0.383 e. The lowest BCUT2D eigenvalue weighted by Gasteiger charge is -2.09. The summed E-state index contributed by atoms with van der Waals surface area (Å²) in [6.45, 7) is 0. The zero-order valence-corrected chi connectivity index (χ0v) is 10.1. The molecule has 78 valence electrons. The number of hydrogen-bond donors (Lipinski definition) is 1. The van der Waals surface area contributed by atoms with E-state index in [0.717, 1.165) is 9.35 Å². The van der Waals surface area contributed by atoms with Gasteiger partial charge in [0.25, 0.3) is 0 Å². The summed E-state index contributed by atoms with van der Waals surface area (Å²) >= 11 is 4.69. The topological polar surface area (TPSA) is 20.2 Å². The Bertz CT molecular complexity index is 469. The van der Waals surface area contributed by atoms with Gasteiger partial charge in [0.15, 0.2) is 0 Å². The van der Waals surface area contributed by atoms with Gasteiger partial charge in [0.1, 0.15) is 11.9 Å². The number of hydrogen-bond acceptors (Lipinski definition) is 2. The van der Waals surface area contributed by atoms with Crippen molar-refractivity contribution in [3.05, 3.63) is 56.4 Å². The molecule has 0 fully saturated rings. The van der Waals surface area contributed by atoms with Crippen LogP contribution in [-0.2, 0) is 0 Å². The van der Waals surface area contributed by atoms with E-state index in [-0.39, 0.29) is 5.82 Å². The summed E-state index contributed by atoms with van der Waals surface area (Å²) in [6.07, 6.45) is -0.887. The van der Waals surface area contributed by atoms with Gasteiger partial charge in [-0.05, 0) is 28.1 Å². The first-order valence-electron chi connectivity index (χ1n) is 4.35. The van der Waals surface area contributed by atoms with E-state index in [1.165, 1.54) is 17.4 Å². The molecule has 0 spiro atoms. The Hall–Kier alpha value is -0.710. The second kappa shape index (κ2) is 4.43. The first-order chi connectivity index (χ1) is 7.18. The van der Waals surface area contributed by atoms with Crippen LogP contribution in [-0.4, -0.2) is 5.11 Å². The second-order valence-electron chi connectivity index (χ2n) is 3.09. The highest BCUT2D eigenvalue weighted by molar-refractivity contribution is 9.10. The molecule has 4 heteroatoms. The molecule has 0 aliphatic heterocycles. The number of rotatable bonds is 2. The summed E-state index contributed by atoms with van der Waals surface area (Å²) in [6, 6.07) is 8.05. The third-order valence-corrected chi connectivity index (χ3v) is 3.80. The Morgan fingerprint density at radius 1 is 1.33 bits per heavy atom. The Morgan fingerprint density at radius 3 is 2.67 bits per heavy atom. The quantitative estimate of drug-likeness (QED) is 0.892. The fourth-order valence-corrected chi connectivity index (χ4v) is 2.77. The highest BCUT2D eigenvalue weighted by Gasteiger charge is 2.15. The van der Waals surface area contributed by atoms with Gasteiger partial charge in [-0.2, -0.15) is 0 Å². The van der Waals surface area contributed by atoms with E-state index in [2.05, 4.69) is 15.9 Å². The van der Waals surface area contributed by atoms with Crippen LogP contribution in [0.25, 0.3) is 0 Å².